The molecule has 1 fully saturated rings. The molecule has 0 bridgehead atoms. The number of hydrogen-bond acceptors (Lipinski definition) is 9. The summed E-state index contributed by atoms with van der Waals surface area (Å²) in [6.07, 6.45) is -5.36. The van der Waals surface area contributed by atoms with E-state index in [4.69, 9.17) is 15.2 Å². The molecular weight excluding hydrogens is 474 g/mol. The third kappa shape index (κ3) is 8.31. The van der Waals surface area contributed by atoms with Crippen molar-refractivity contribution in [3.63, 3.8) is 0 Å². The molecule has 1 aliphatic rings. The van der Waals surface area contributed by atoms with E-state index in [-0.39, 0.29) is 23.0 Å². The summed E-state index contributed by atoms with van der Waals surface area (Å²) in [4.78, 5) is 16.7. The fraction of sp³-hybridized carbons (Fsp3) is 0.444. The summed E-state index contributed by atoms with van der Waals surface area (Å²) in [5.41, 5.74) is -1.07. The van der Waals surface area contributed by atoms with Gasteiger partial charge in [-0.15, -0.1) is 10.2 Å². The van der Waals surface area contributed by atoms with Crippen LogP contribution in [0.15, 0.2) is 18.5 Å². The van der Waals surface area contributed by atoms with Crippen molar-refractivity contribution in [2.45, 2.75) is 25.2 Å². The second-order valence-corrected chi connectivity index (χ2v) is 6.89. The van der Waals surface area contributed by atoms with Crippen molar-refractivity contribution in [1.29, 1.82) is 5.26 Å². The van der Waals surface area contributed by atoms with Crippen LogP contribution in [0.1, 0.15) is 24.2 Å². The number of rotatable bonds is 5. The van der Waals surface area contributed by atoms with Gasteiger partial charge in [0.25, 0.3) is 0 Å². The molecule has 16 heteroatoms. The molecule has 0 spiro atoms. The molecule has 1 aliphatic heterocycles. The molecule has 3 rings (SSSR count). The zero-order chi connectivity index (χ0) is 25.4. The average molecular weight is 492 g/mol. The van der Waals surface area contributed by atoms with Crippen molar-refractivity contribution in [3.8, 4) is 6.07 Å². The summed E-state index contributed by atoms with van der Waals surface area (Å²) in [7, 11) is 0. The summed E-state index contributed by atoms with van der Waals surface area (Å²) >= 11 is 0. The minimum atomic E-state index is -5.08. The molecule has 34 heavy (non-hydrogen) atoms. The Morgan fingerprint density at radius 3 is 2.26 bits per heavy atom. The van der Waals surface area contributed by atoms with Crippen LogP contribution in [0.2, 0.25) is 0 Å². The number of nitrogens with one attached hydrogen (secondary N) is 3. The quantitative estimate of drug-likeness (QED) is 0.459. The zero-order valence-electron chi connectivity index (χ0n) is 17.2. The average Bonchev–Trinajstić information content (AvgIpc) is 2.78. The van der Waals surface area contributed by atoms with Crippen molar-refractivity contribution in [2.75, 3.05) is 30.3 Å². The highest BCUT2D eigenvalue weighted by Gasteiger charge is 2.38. The van der Waals surface area contributed by atoms with Crippen LogP contribution in [0.3, 0.4) is 0 Å². The number of aromatic nitrogens is 4. The van der Waals surface area contributed by atoms with E-state index in [1.807, 2.05) is 6.07 Å². The van der Waals surface area contributed by atoms with Gasteiger partial charge >= 0.3 is 18.3 Å². The molecule has 10 nitrogen and oxygen atoms in total. The fourth-order valence-electron chi connectivity index (χ4n) is 2.72. The van der Waals surface area contributed by atoms with Crippen LogP contribution in [0.25, 0.3) is 0 Å². The Balaban J connectivity index is 0.000000509. The van der Waals surface area contributed by atoms with Gasteiger partial charge in [0.1, 0.15) is 11.9 Å². The summed E-state index contributed by atoms with van der Waals surface area (Å²) < 4.78 is 71.4. The number of anilines is 3. The summed E-state index contributed by atoms with van der Waals surface area (Å²) in [5.74, 6) is -2.13. The van der Waals surface area contributed by atoms with Crippen LogP contribution in [-0.2, 0) is 11.0 Å². The van der Waals surface area contributed by atoms with Gasteiger partial charge in [-0.1, -0.05) is 0 Å². The smallest absolute Gasteiger partial charge is 0.475 e. The lowest BCUT2D eigenvalue weighted by Crippen LogP contribution is -2.31. The van der Waals surface area contributed by atoms with Gasteiger partial charge in [-0.3, -0.25) is 0 Å². The number of carbonyl (C=O) groups is 1. The molecule has 3 heterocycles. The van der Waals surface area contributed by atoms with E-state index in [9.17, 15) is 26.3 Å². The molecule has 0 unspecified atom stereocenters. The maximum atomic E-state index is 13.2. The molecule has 0 saturated carbocycles. The Bertz CT molecular complexity index is 1000. The van der Waals surface area contributed by atoms with E-state index in [0.29, 0.717) is 12.5 Å². The highest BCUT2D eigenvalue weighted by Crippen LogP contribution is 2.34. The highest BCUT2D eigenvalue weighted by molar-refractivity contribution is 5.73. The number of halogens is 6. The Labute approximate surface area is 188 Å². The molecule has 4 N–H and O–H groups in total. The van der Waals surface area contributed by atoms with E-state index >= 15 is 0 Å². The van der Waals surface area contributed by atoms with Crippen molar-refractivity contribution in [2.24, 2.45) is 5.92 Å². The van der Waals surface area contributed by atoms with Gasteiger partial charge in [-0.05, 0) is 31.8 Å². The third-order valence-corrected chi connectivity index (χ3v) is 4.37. The van der Waals surface area contributed by atoms with Gasteiger partial charge < -0.3 is 21.1 Å². The highest BCUT2D eigenvalue weighted by atomic mass is 19.4. The molecule has 1 saturated heterocycles. The van der Waals surface area contributed by atoms with Crippen LogP contribution in [-0.4, -0.2) is 57.1 Å². The normalized spacial score (nSPS) is 14.4. The minimum Gasteiger partial charge on any atom is -0.475 e. The molecule has 0 aromatic carbocycles. The molecule has 2 aromatic heterocycles. The Morgan fingerprint density at radius 2 is 1.76 bits per heavy atom. The number of nitriles is 1. The first kappa shape index (κ1) is 26.5. The first-order valence-corrected chi connectivity index (χ1v) is 9.59. The minimum absolute atomic E-state index is 0.0924. The van der Waals surface area contributed by atoms with Gasteiger partial charge in [0, 0.05) is 12.6 Å². The van der Waals surface area contributed by atoms with Crippen molar-refractivity contribution in [3.05, 3.63) is 29.8 Å². The lowest BCUT2D eigenvalue weighted by atomic mass is 9.98. The maximum absolute atomic E-state index is 13.2. The van der Waals surface area contributed by atoms with Gasteiger partial charge in [-0.25, -0.2) is 14.8 Å². The number of piperidine rings is 1. The number of aliphatic carboxylic acids is 1. The molecule has 184 valence electrons. The molecule has 2 aromatic rings. The van der Waals surface area contributed by atoms with Crippen LogP contribution in [0.5, 0.6) is 0 Å². The van der Waals surface area contributed by atoms with Crippen LogP contribution in [0.4, 0.5) is 43.7 Å². The predicted molar refractivity (Wildman–Crippen MR) is 105 cm³/mol. The van der Waals surface area contributed by atoms with Crippen molar-refractivity contribution >= 4 is 23.3 Å². The number of carboxylic acid groups (broad SMARTS) is 1. The number of hydrogen-bond donors (Lipinski definition) is 4. The fourth-order valence-corrected chi connectivity index (χ4v) is 2.72. The predicted octanol–water partition coefficient (Wildman–Crippen LogP) is 2.95. The van der Waals surface area contributed by atoms with E-state index in [1.165, 1.54) is 18.5 Å². The van der Waals surface area contributed by atoms with E-state index in [0.717, 1.165) is 25.9 Å². The number of carboxylic acids is 1. The largest absolute Gasteiger partial charge is 0.490 e. The van der Waals surface area contributed by atoms with Gasteiger partial charge in [0.05, 0.1) is 18.1 Å². The molecule has 0 amide bonds. The second-order valence-electron chi connectivity index (χ2n) is 6.89. The van der Waals surface area contributed by atoms with Crippen molar-refractivity contribution in [1.82, 2.24) is 25.5 Å². The van der Waals surface area contributed by atoms with Crippen LogP contribution < -0.4 is 16.0 Å². The molecular formula is C18H18F6N8O2. The lowest BCUT2D eigenvalue weighted by Gasteiger charge is -2.24. The van der Waals surface area contributed by atoms with Gasteiger partial charge in [0.2, 0.25) is 0 Å². The van der Waals surface area contributed by atoms with Crippen LogP contribution >= 0.6 is 0 Å². The topological polar surface area (TPSA) is 149 Å². The molecule has 0 aliphatic carbocycles. The van der Waals surface area contributed by atoms with Crippen LogP contribution in [0, 0.1) is 17.2 Å². The van der Waals surface area contributed by atoms with Gasteiger partial charge in [-0.2, -0.15) is 31.6 Å². The standard InChI is InChI=1S/C16H17F3N8.C2HF3O2/c17-16(18,19)15-12(23-7-10-1-3-21-4-2-10)5-13(26-27-15)25-14-9-22-11(6-20)8-24-14;3-2(4,5)1(6)7/h5,8-10,21H,1-4,7H2,(H2,23,24,25,26);(H,6,7). The SMILES string of the molecule is N#Cc1cnc(Nc2cc(NCC3CCNCC3)c(C(F)(F)F)nn2)cn1.O=C(O)C(F)(F)F. The van der Waals surface area contributed by atoms with E-state index < -0.39 is 24.0 Å². The molecule has 0 atom stereocenters. The zero-order valence-corrected chi connectivity index (χ0v) is 17.2. The molecule has 0 radical (unpaired) electrons. The maximum Gasteiger partial charge on any atom is 0.490 e. The van der Waals surface area contributed by atoms with Crippen molar-refractivity contribution < 1.29 is 36.2 Å². The summed E-state index contributed by atoms with van der Waals surface area (Å²) in [5, 5.41) is 31.6. The van der Waals surface area contributed by atoms with E-state index in [1.54, 1.807) is 0 Å². The Morgan fingerprint density at radius 1 is 1.12 bits per heavy atom. The van der Waals surface area contributed by atoms with E-state index in [2.05, 4.69) is 36.1 Å². The Hall–Kier alpha value is -3.74. The number of nitrogens with zero attached hydrogens (tertiary/aromatic N) is 5. The number of alkyl halides is 6. The van der Waals surface area contributed by atoms with Gasteiger partial charge in [0.15, 0.2) is 17.2 Å². The summed E-state index contributed by atoms with van der Waals surface area (Å²) in [6.45, 7) is 2.14. The third-order valence-electron chi connectivity index (χ3n) is 4.37. The first-order valence-electron chi connectivity index (χ1n) is 9.59. The lowest BCUT2D eigenvalue weighted by molar-refractivity contribution is -0.192. The Kier molecular flexibility index (Phi) is 8.90. The second kappa shape index (κ2) is 11.4. The first-order chi connectivity index (χ1) is 15.9. The summed E-state index contributed by atoms with van der Waals surface area (Å²) in [6, 6.07) is 3.08. The monoisotopic (exact) mass is 492 g/mol.